The zero-order chi connectivity index (χ0) is 16.0. The Morgan fingerprint density at radius 1 is 1.33 bits per heavy atom. The Labute approximate surface area is 125 Å². The van der Waals surface area contributed by atoms with Crippen LogP contribution in [0.4, 0.5) is 0 Å². The molecule has 114 valence electrons. The Hall–Kier alpha value is -2.10. The van der Waals surface area contributed by atoms with Gasteiger partial charge < -0.3 is 4.98 Å². The number of allylic oxidation sites excluding steroid dienone is 1. The summed E-state index contributed by atoms with van der Waals surface area (Å²) < 4.78 is 0. The van der Waals surface area contributed by atoms with E-state index in [9.17, 15) is 9.59 Å². The highest BCUT2D eigenvalue weighted by Crippen LogP contribution is 2.20. The second-order valence-electron chi connectivity index (χ2n) is 5.66. The van der Waals surface area contributed by atoms with Gasteiger partial charge in [0.1, 0.15) is 0 Å². The summed E-state index contributed by atoms with van der Waals surface area (Å²) in [7, 11) is 0. The van der Waals surface area contributed by atoms with E-state index in [1.165, 1.54) is 0 Å². The van der Waals surface area contributed by atoms with E-state index < -0.39 is 0 Å². The first-order valence-electron chi connectivity index (χ1n) is 7.20. The first kappa shape index (κ1) is 17.0. The highest BCUT2D eigenvalue weighted by atomic mass is 16.2. The van der Waals surface area contributed by atoms with Crippen molar-refractivity contribution in [1.29, 1.82) is 0 Å². The van der Waals surface area contributed by atoms with E-state index in [0.29, 0.717) is 0 Å². The molecule has 4 nitrogen and oxygen atoms in total. The summed E-state index contributed by atoms with van der Waals surface area (Å²) in [5.41, 5.74) is 0.865. The third-order valence-corrected chi connectivity index (χ3v) is 2.90. The summed E-state index contributed by atoms with van der Waals surface area (Å²) in [4.78, 5) is 25.9. The third-order valence-electron chi connectivity index (χ3n) is 2.90. The van der Waals surface area contributed by atoms with Crippen LogP contribution in [0.3, 0.4) is 0 Å². The number of amides is 2. The Bertz CT molecular complexity index is 635. The average Bonchev–Trinajstić information content (AvgIpc) is 2.92. The molecule has 0 spiro atoms. The van der Waals surface area contributed by atoms with E-state index in [4.69, 9.17) is 0 Å². The lowest BCUT2D eigenvalue weighted by molar-refractivity contribution is -0.125. The van der Waals surface area contributed by atoms with Crippen LogP contribution in [0.1, 0.15) is 45.6 Å². The second-order valence-corrected chi connectivity index (χ2v) is 5.66. The summed E-state index contributed by atoms with van der Waals surface area (Å²) in [6.45, 7) is 12.0. The predicted molar refractivity (Wildman–Crippen MR) is 85.9 cm³/mol. The maximum atomic E-state index is 11.6. The molecule has 1 aromatic rings. The molecular formula is C17H24N2O2. The zero-order valence-corrected chi connectivity index (χ0v) is 13.2. The summed E-state index contributed by atoms with van der Waals surface area (Å²) in [6, 6.07) is 0. The Balaban J connectivity index is 0.000000491. The predicted octanol–water partition coefficient (Wildman–Crippen LogP) is 1.57. The standard InChI is InChI=1S/C13H14N2O2.C4H10/c1-3-5-11-8(4-2)10(7-14-11)9-6-12(16)15-13(9)17;1-4(2)3/h3-5,7,9,14H,1,6H2,2H3,(H,15,16,17);4H,1-3H3/b8-4-,11-5+;. The van der Waals surface area contributed by atoms with Crippen molar-refractivity contribution in [2.45, 2.75) is 40.0 Å². The molecule has 0 aliphatic carbocycles. The van der Waals surface area contributed by atoms with Gasteiger partial charge in [0, 0.05) is 18.0 Å². The summed E-state index contributed by atoms with van der Waals surface area (Å²) in [6.07, 6.45) is 7.46. The van der Waals surface area contributed by atoms with Gasteiger partial charge >= 0.3 is 0 Å². The van der Waals surface area contributed by atoms with Crippen molar-refractivity contribution in [3.05, 3.63) is 35.0 Å². The number of aromatic amines is 1. The summed E-state index contributed by atoms with van der Waals surface area (Å²) in [5.74, 6) is 0.0247. The smallest absolute Gasteiger partial charge is 0.234 e. The number of carbonyl (C=O) groups is 2. The van der Waals surface area contributed by atoms with Gasteiger partial charge in [-0.1, -0.05) is 39.5 Å². The van der Waals surface area contributed by atoms with Crippen LogP contribution >= 0.6 is 0 Å². The average molecular weight is 288 g/mol. The van der Waals surface area contributed by atoms with Crippen molar-refractivity contribution in [2.75, 3.05) is 0 Å². The minimum Gasteiger partial charge on any atom is -0.361 e. The largest absolute Gasteiger partial charge is 0.361 e. The molecule has 1 fully saturated rings. The van der Waals surface area contributed by atoms with Crippen LogP contribution in [0.15, 0.2) is 18.9 Å². The van der Waals surface area contributed by atoms with Crippen molar-refractivity contribution in [3.63, 3.8) is 0 Å². The Kier molecular flexibility index (Phi) is 6.15. The van der Waals surface area contributed by atoms with Gasteiger partial charge in [-0.05, 0) is 29.7 Å². The fraction of sp³-hybridized carbons (Fsp3) is 0.412. The molecule has 1 atom stereocenters. The van der Waals surface area contributed by atoms with Gasteiger partial charge in [-0.3, -0.25) is 14.9 Å². The fourth-order valence-corrected chi connectivity index (χ4v) is 2.14. The van der Waals surface area contributed by atoms with Crippen molar-refractivity contribution in [1.82, 2.24) is 10.3 Å². The zero-order valence-electron chi connectivity index (χ0n) is 13.2. The second kappa shape index (κ2) is 7.62. The normalized spacial score (nSPS) is 19.6. The molecule has 1 aliphatic heterocycles. The lowest BCUT2D eigenvalue weighted by atomic mass is 9.98. The molecule has 21 heavy (non-hydrogen) atoms. The van der Waals surface area contributed by atoms with Crippen LogP contribution in [-0.4, -0.2) is 16.8 Å². The highest BCUT2D eigenvalue weighted by Gasteiger charge is 2.32. The molecule has 1 unspecified atom stereocenters. The van der Waals surface area contributed by atoms with Crippen molar-refractivity contribution in [2.24, 2.45) is 5.92 Å². The highest BCUT2D eigenvalue weighted by molar-refractivity contribution is 6.06. The number of hydrogen-bond donors (Lipinski definition) is 2. The van der Waals surface area contributed by atoms with Crippen LogP contribution in [0, 0.1) is 5.92 Å². The van der Waals surface area contributed by atoms with Gasteiger partial charge in [-0.2, -0.15) is 0 Å². The van der Waals surface area contributed by atoms with E-state index in [1.54, 1.807) is 12.3 Å². The number of nitrogens with one attached hydrogen (secondary N) is 2. The van der Waals surface area contributed by atoms with Gasteiger partial charge in [0.2, 0.25) is 11.8 Å². The molecular weight excluding hydrogens is 264 g/mol. The number of rotatable bonds is 2. The van der Waals surface area contributed by atoms with E-state index >= 15 is 0 Å². The molecule has 2 rings (SSSR count). The first-order valence-corrected chi connectivity index (χ1v) is 7.20. The van der Waals surface area contributed by atoms with E-state index in [2.05, 4.69) is 37.7 Å². The van der Waals surface area contributed by atoms with Gasteiger partial charge in [0.25, 0.3) is 0 Å². The monoisotopic (exact) mass is 288 g/mol. The lowest BCUT2D eigenvalue weighted by Crippen LogP contribution is -2.28. The molecule has 4 heteroatoms. The SMILES string of the molecule is C=C/C=c1/[nH]cc(C2CC(=O)NC2=O)/c1=C/C.CC(C)C. The molecule has 0 saturated carbocycles. The van der Waals surface area contributed by atoms with E-state index in [1.807, 2.05) is 19.1 Å². The molecule has 2 amide bonds. The molecule has 2 N–H and O–H groups in total. The van der Waals surface area contributed by atoms with Crippen LogP contribution in [0.2, 0.25) is 0 Å². The third kappa shape index (κ3) is 4.45. The van der Waals surface area contributed by atoms with Crippen LogP contribution in [0.25, 0.3) is 12.2 Å². The minimum absolute atomic E-state index is 0.211. The maximum absolute atomic E-state index is 11.6. The molecule has 2 heterocycles. The molecule has 1 aromatic heterocycles. The maximum Gasteiger partial charge on any atom is 0.234 e. The molecule has 0 radical (unpaired) electrons. The molecule has 0 aromatic carbocycles. The van der Waals surface area contributed by atoms with Crippen LogP contribution < -0.4 is 15.9 Å². The van der Waals surface area contributed by atoms with E-state index in [-0.39, 0.29) is 24.2 Å². The van der Waals surface area contributed by atoms with Crippen molar-refractivity contribution in [3.8, 4) is 0 Å². The van der Waals surface area contributed by atoms with Gasteiger partial charge in [0.15, 0.2) is 0 Å². The summed E-state index contributed by atoms with van der Waals surface area (Å²) in [5, 5.41) is 4.19. The molecule has 1 saturated heterocycles. The quantitative estimate of drug-likeness (QED) is 0.812. The first-order chi connectivity index (χ1) is 9.90. The Morgan fingerprint density at radius 2 is 1.95 bits per heavy atom. The fourth-order valence-electron chi connectivity index (χ4n) is 2.14. The minimum atomic E-state index is -0.378. The van der Waals surface area contributed by atoms with Gasteiger partial charge in [-0.15, -0.1) is 0 Å². The van der Waals surface area contributed by atoms with E-state index in [0.717, 1.165) is 22.0 Å². The lowest BCUT2D eigenvalue weighted by Gasteiger charge is -2.01. The number of aromatic nitrogens is 1. The number of imide groups is 1. The van der Waals surface area contributed by atoms with Crippen molar-refractivity contribution >= 4 is 24.0 Å². The molecule has 0 bridgehead atoms. The van der Waals surface area contributed by atoms with Gasteiger partial charge in [0.05, 0.1) is 5.92 Å². The topological polar surface area (TPSA) is 62.0 Å². The Morgan fingerprint density at radius 3 is 2.38 bits per heavy atom. The van der Waals surface area contributed by atoms with Gasteiger partial charge in [-0.25, -0.2) is 0 Å². The van der Waals surface area contributed by atoms with Crippen molar-refractivity contribution < 1.29 is 9.59 Å². The number of carbonyl (C=O) groups excluding carboxylic acids is 2. The number of H-pyrrole nitrogens is 1. The van der Waals surface area contributed by atoms with Crippen LogP contribution in [0.5, 0.6) is 0 Å². The molecule has 1 aliphatic rings. The number of hydrogen-bond acceptors (Lipinski definition) is 2. The van der Waals surface area contributed by atoms with Crippen LogP contribution in [-0.2, 0) is 9.59 Å². The summed E-state index contributed by atoms with van der Waals surface area (Å²) >= 11 is 0.